The first kappa shape index (κ1) is 40.7. The average Bonchev–Trinajstić information content (AvgIpc) is 3.53. The minimum Gasteiger partial charge on any atom is -0.490 e. The van der Waals surface area contributed by atoms with Gasteiger partial charge in [0.15, 0.2) is 0 Å². The number of amides is 2. The van der Waals surface area contributed by atoms with Gasteiger partial charge in [-0.25, -0.2) is 4.21 Å². The SMILES string of the molecule is COc1nn(C)cc1C(=O)NS1(=O)=NC(=O)c2ccc3c(c2)N(C[C@@H]2CC[C@H]2[C@@H](OC)/C=C/[C@H](OCc2ccccn2)[C@H](C)C1)C[C@@]1(CCCc2cc(C)ccc21)CO3. The van der Waals surface area contributed by atoms with Gasteiger partial charge in [0.1, 0.15) is 21.2 Å². The predicted octanol–water partition coefficient (Wildman–Crippen LogP) is 6.39. The number of fused-ring (bicyclic) bond motifs is 4. The molecular weight excluding hydrogens is 769 g/mol. The van der Waals surface area contributed by atoms with Crippen molar-refractivity contribution in [1.29, 1.82) is 0 Å². The Hall–Kier alpha value is -5.05. The van der Waals surface area contributed by atoms with Crippen LogP contribution >= 0.6 is 0 Å². The molecule has 8 rings (SSSR count). The Morgan fingerprint density at radius 3 is 2.69 bits per heavy atom. The first-order valence-corrected chi connectivity index (χ1v) is 22.2. The highest BCUT2D eigenvalue weighted by Gasteiger charge is 2.44. The minimum atomic E-state index is -3.79. The molecular formula is C45H54N6O7S. The van der Waals surface area contributed by atoms with E-state index in [1.165, 1.54) is 34.7 Å². The third-order valence-corrected chi connectivity index (χ3v) is 14.5. The van der Waals surface area contributed by atoms with Crippen LogP contribution in [0, 0.1) is 24.7 Å². The number of ether oxygens (including phenoxy) is 4. The van der Waals surface area contributed by atoms with E-state index in [1.54, 1.807) is 26.4 Å². The van der Waals surface area contributed by atoms with Crippen LogP contribution in [0.15, 0.2) is 83.5 Å². The summed E-state index contributed by atoms with van der Waals surface area (Å²) in [5.74, 6) is -0.841. The van der Waals surface area contributed by atoms with Gasteiger partial charge < -0.3 is 23.8 Å². The summed E-state index contributed by atoms with van der Waals surface area (Å²) in [6.07, 6.45) is 11.5. The summed E-state index contributed by atoms with van der Waals surface area (Å²) in [5, 5.41) is 4.19. The van der Waals surface area contributed by atoms with Crippen LogP contribution in [-0.4, -0.2) is 82.7 Å². The molecule has 14 heteroatoms. The van der Waals surface area contributed by atoms with Gasteiger partial charge in [-0.05, 0) is 92.3 Å². The lowest BCUT2D eigenvalue weighted by Gasteiger charge is -2.46. The maximum atomic E-state index is 15.1. The van der Waals surface area contributed by atoms with Crippen molar-refractivity contribution in [2.24, 2.45) is 29.2 Å². The normalized spacial score (nSPS) is 28.5. The smallest absolute Gasteiger partial charge is 0.286 e. The van der Waals surface area contributed by atoms with E-state index in [9.17, 15) is 9.59 Å². The summed E-state index contributed by atoms with van der Waals surface area (Å²) < 4.78 is 48.3. The lowest BCUT2D eigenvalue weighted by Crippen LogP contribution is -2.49. The number of aryl methyl sites for hydroxylation is 3. The molecule has 1 fully saturated rings. The molecule has 2 aliphatic heterocycles. The van der Waals surface area contributed by atoms with Crippen molar-refractivity contribution < 1.29 is 32.7 Å². The van der Waals surface area contributed by atoms with E-state index in [-0.39, 0.29) is 46.8 Å². The zero-order valence-corrected chi connectivity index (χ0v) is 35.3. The van der Waals surface area contributed by atoms with Crippen molar-refractivity contribution >= 4 is 27.4 Å². The number of anilines is 1. The van der Waals surface area contributed by atoms with E-state index < -0.39 is 33.8 Å². The van der Waals surface area contributed by atoms with Gasteiger partial charge in [-0.3, -0.25) is 24.0 Å². The first-order valence-electron chi connectivity index (χ1n) is 20.5. The monoisotopic (exact) mass is 822 g/mol. The zero-order chi connectivity index (χ0) is 41.3. The van der Waals surface area contributed by atoms with Crippen molar-refractivity contribution in [2.75, 3.05) is 44.6 Å². The fourth-order valence-corrected chi connectivity index (χ4v) is 11.2. The Morgan fingerprint density at radius 1 is 1.08 bits per heavy atom. The molecule has 2 amide bonds. The van der Waals surface area contributed by atoms with Gasteiger partial charge in [-0.15, -0.1) is 9.46 Å². The largest absolute Gasteiger partial charge is 0.490 e. The number of benzene rings is 2. The fraction of sp³-hybridized carbons (Fsp3) is 0.467. The Balaban J connectivity index is 1.22. The van der Waals surface area contributed by atoms with Gasteiger partial charge in [0.25, 0.3) is 11.8 Å². The summed E-state index contributed by atoms with van der Waals surface area (Å²) in [4.78, 5) is 35.1. The van der Waals surface area contributed by atoms with Crippen LogP contribution < -0.4 is 19.1 Å². The highest BCUT2D eigenvalue weighted by molar-refractivity contribution is 7.92. The summed E-state index contributed by atoms with van der Waals surface area (Å²) in [7, 11) is 0.999. The van der Waals surface area contributed by atoms with Crippen LogP contribution in [0.1, 0.15) is 75.7 Å². The lowest BCUT2D eigenvalue weighted by atomic mass is 9.68. The van der Waals surface area contributed by atoms with Crippen molar-refractivity contribution in [3.05, 3.63) is 113 Å². The van der Waals surface area contributed by atoms with Crippen LogP contribution in [0.5, 0.6) is 11.6 Å². The van der Waals surface area contributed by atoms with Crippen LogP contribution in [0.2, 0.25) is 0 Å². The molecule has 1 saturated carbocycles. The van der Waals surface area contributed by atoms with Crippen LogP contribution in [0.4, 0.5) is 5.69 Å². The molecule has 2 aliphatic carbocycles. The van der Waals surface area contributed by atoms with Crippen LogP contribution in [0.3, 0.4) is 0 Å². The van der Waals surface area contributed by atoms with Gasteiger partial charge in [0.2, 0.25) is 5.88 Å². The fourth-order valence-electron chi connectivity index (χ4n) is 9.35. The Morgan fingerprint density at radius 2 is 1.93 bits per heavy atom. The van der Waals surface area contributed by atoms with Gasteiger partial charge >= 0.3 is 0 Å². The van der Waals surface area contributed by atoms with E-state index >= 15 is 4.21 Å². The average molecular weight is 823 g/mol. The topological polar surface area (TPSA) is 146 Å². The Labute approximate surface area is 346 Å². The summed E-state index contributed by atoms with van der Waals surface area (Å²) >= 11 is 0. The van der Waals surface area contributed by atoms with Crippen molar-refractivity contribution in [1.82, 2.24) is 19.5 Å². The van der Waals surface area contributed by atoms with Crippen molar-refractivity contribution in [3.8, 4) is 11.6 Å². The molecule has 1 unspecified atom stereocenters. The predicted molar refractivity (Wildman–Crippen MR) is 225 cm³/mol. The summed E-state index contributed by atoms with van der Waals surface area (Å²) in [6.45, 7) is 6.17. The second-order valence-corrected chi connectivity index (χ2v) is 18.7. The van der Waals surface area contributed by atoms with Gasteiger partial charge in [-0.2, -0.15) is 0 Å². The zero-order valence-electron chi connectivity index (χ0n) is 34.5. The molecule has 312 valence electrons. The molecule has 59 heavy (non-hydrogen) atoms. The van der Waals surface area contributed by atoms with Gasteiger partial charge in [0, 0.05) is 56.5 Å². The molecule has 1 N–H and O–H groups in total. The maximum absolute atomic E-state index is 15.1. The number of pyridine rings is 1. The molecule has 2 aromatic carbocycles. The van der Waals surface area contributed by atoms with Crippen molar-refractivity contribution in [2.45, 2.75) is 70.2 Å². The molecule has 4 aromatic rings. The molecule has 1 spiro atoms. The number of aromatic nitrogens is 3. The second-order valence-electron chi connectivity index (χ2n) is 16.7. The van der Waals surface area contributed by atoms with E-state index in [0.717, 1.165) is 50.0 Å². The summed E-state index contributed by atoms with van der Waals surface area (Å²) in [5.41, 5.74) is 5.54. The van der Waals surface area contributed by atoms with Gasteiger partial charge in [0.05, 0.1) is 49.7 Å². The van der Waals surface area contributed by atoms with Gasteiger partial charge in [-0.1, -0.05) is 48.9 Å². The highest BCUT2D eigenvalue weighted by Crippen LogP contribution is 2.47. The van der Waals surface area contributed by atoms with Crippen LogP contribution in [0.25, 0.3) is 0 Å². The molecule has 2 aromatic heterocycles. The second kappa shape index (κ2) is 16.9. The molecule has 13 nitrogen and oxygen atoms in total. The third-order valence-electron chi connectivity index (χ3n) is 12.5. The van der Waals surface area contributed by atoms with Crippen LogP contribution in [-0.2, 0) is 44.9 Å². The molecule has 2 bridgehead atoms. The maximum Gasteiger partial charge on any atom is 0.286 e. The van der Waals surface area contributed by atoms with E-state index in [1.807, 2.05) is 43.3 Å². The number of methoxy groups -OCH3 is 2. The molecule has 4 heterocycles. The third kappa shape index (κ3) is 8.53. The highest BCUT2D eigenvalue weighted by atomic mass is 32.2. The number of carbonyl (C=O) groups is 2. The molecule has 4 aliphatic rings. The van der Waals surface area contributed by atoms with E-state index in [2.05, 4.69) is 55.3 Å². The Kier molecular flexibility index (Phi) is 11.7. The standard InChI is InChI=1S/C45H54N6O7S/c1-29-11-15-37-31(21-29)9-8-19-45(37)27-51-23-33-12-14-35(33)40(55-4)18-17-39(57-25-34-10-6-7-20-46-34)30(2)26-59(54,49-43(53)36-24-50(3)47-44(36)56-5)48-42(52)32-13-16-41(58-28-45)38(51)22-32/h6-7,10-11,13,15-18,20-22,24,30,33,35,39-40H,8-9,12,14,19,23,25-28H2,1-5H3,(H,48,49,52,53,54)/b18-17+/t30-,33+,35-,39+,40+,45+,59?/m1/s1. The lowest BCUT2D eigenvalue weighted by molar-refractivity contribution is 0.00989. The number of rotatable bonds is 7. The first-order chi connectivity index (χ1) is 28.5. The number of nitrogens with zero attached hydrogens (tertiary/aromatic N) is 5. The van der Waals surface area contributed by atoms with Crippen molar-refractivity contribution in [3.63, 3.8) is 0 Å². The molecule has 7 atom stereocenters. The Bertz CT molecular complexity index is 2360. The number of hydrogen-bond acceptors (Lipinski definition) is 10. The molecule has 0 radical (unpaired) electrons. The number of carbonyl (C=O) groups excluding carboxylic acids is 2. The quantitative estimate of drug-likeness (QED) is 0.208. The number of nitrogens with one attached hydrogen (secondary N) is 1. The minimum absolute atomic E-state index is 0.0549. The van der Waals surface area contributed by atoms with E-state index in [4.69, 9.17) is 18.9 Å². The number of hydrogen-bond donors (Lipinski definition) is 1. The molecule has 0 saturated heterocycles. The summed E-state index contributed by atoms with van der Waals surface area (Å²) in [6, 6.07) is 17.7. The van der Waals surface area contributed by atoms with E-state index in [0.29, 0.717) is 24.8 Å².